The molecule has 3 heterocycles. The molecule has 1 aromatic heterocycles. The molecule has 0 radical (unpaired) electrons. The summed E-state index contributed by atoms with van der Waals surface area (Å²) < 4.78 is 28.2. The fraction of sp³-hybridized carbons (Fsp3) is 0.500. The predicted octanol–water partition coefficient (Wildman–Crippen LogP) is 1.16. The van der Waals surface area contributed by atoms with Gasteiger partial charge in [0.2, 0.25) is 5.90 Å². The van der Waals surface area contributed by atoms with Gasteiger partial charge < -0.3 is 9.84 Å². The van der Waals surface area contributed by atoms with E-state index in [2.05, 4.69) is 10.1 Å². The van der Waals surface area contributed by atoms with Gasteiger partial charge >= 0.3 is 5.97 Å². The van der Waals surface area contributed by atoms with Gasteiger partial charge in [-0.2, -0.15) is 0 Å². The summed E-state index contributed by atoms with van der Waals surface area (Å²) in [6, 6.07) is 2.22. The number of hydrazone groups is 1. The number of hydrogen-bond donors (Lipinski definition) is 1. The van der Waals surface area contributed by atoms with Crippen LogP contribution in [-0.2, 0) is 19.4 Å². The Morgan fingerprint density at radius 2 is 2.21 bits per heavy atom. The number of pyridine rings is 1. The van der Waals surface area contributed by atoms with Crippen molar-refractivity contribution in [3.63, 3.8) is 0 Å². The first-order valence-corrected chi connectivity index (χ1v) is 9.60. The number of carbonyl (C=O) groups is 1. The standard InChI is InChI=1S/C14H16ClN3O5S/c1-2-9-11(14(19)20)18(12-10(15)4-3-5-16-12)17-13(9)23-8-6-24(21,22)7-8/h3-5,8-9,11H,2,6-7H2,1H3,(H,19,20). The SMILES string of the molecule is CCC1C(OC2CS(=O)(=O)C2)=NN(c2ncccc2Cl)C1C(=O)O. The largest absolute Gasteiger partial charge is 0.480 e. The molecule has 2 aliphatic heterocycles. The van der Waals surface area contributed by atoms with Gasteiger partial charge in [0.05, 0.1) is 22.4 Å². The van der Waals surface area contributed by atoms with Crippen molar-refractivity contribution in [2.75, 3.05) is 16.5 Å². The monoisotopic (exact) mass is 373 g/mol. The Hall–Kier alpha value is -1.87. The number of anilines is 1. The molecule has 2 aliphatic rings. The molecule has 2 unspecified atom stereocenters. The first-order valence-electron chi connectivity index (χ1n) is 7.40. The van der Waals surface area contributed by atoms with Crippen molar-refractivity contribution < 1.29 is 23.1 Å². The molecule has 0 bridgehead atoms. The molecular weight excluding hydrogens is 358 g/mol. The summed E-state index contributed by atoms with van der Waals surface area (Å²) in [5, 5.41) is 15.4. The fourth-order valence-corrected chi connectivity index (χ4v) is 4.19. The molecule has 24 heavy (non-hydrogen) atoms. The molecule has 0 aromatic carbocycles. The zero-order chi connectivity index (χ0) is 17.5. The Morgan fingerprint density at radius 3 is 2.75 bits per heavy atom. The molecule has 8 nitrogen and oxygen atoms in total. The van der Waals surface area contributed by atoms with Crippen LogP contribution in [0.4, 0.5) is 5.82 Å². The van der Waals surface area contributed by atoms with Crippen LogP contribution >= 0.6 is 11.6 Å². The maximum atomic E-state index is 11.7. The third-order valence-electron chi connectivity index (χ3n) is 3.98. The lowest BCUT2D eigenvalue weighted by atomic mass is 9.97. The van der Waals surface area contributed by atoms with Gasteiger partial charge in [0.1, 0.15) is 6.10 Å². The first kappa shape index (κ1) is 17.0. The van der Waals surface area contributed by atoms with E-state index in [-0.39, 0.29) is 28.2 Å². The molecule has 0 spiro atoms. The number of ether oxygens (including phenoxy) is 1. The molecular formula is C14H16ClN3O5S. The van der Waals surface area contributed by atoms with Gasteiger partial charge in [-0.1, -0.05) is 18.5 Å². The Kier molecular flexibility index (Phi) is 4.39. The maximum absolute atomic E-state index is 11.7. The highest BCUT2D eigenvalue weighted by molar-refractivity contribution is 7.92. The molecule has 0 amide bonds. The van der Waals surface area contributed by atoms with Gasteiger partial charge in [0, 0.05) is 6.20 Å². The van der Waals surface area contributed by atoms with Gasteiger partial charge in [-0.25, -0.2) is 23.2 Å². The second-order valence-corrected chi connectivity index (χ2v) is 8.27. The lowest BCUT2D eigenvalue weighted by Crippen LogP contribution is -2.46. The number of sulfone groups is 1. The van der Waals surface area contributed by atoms with E-state index in [9.17, 15) is 18.3 Å². The molecule has 10 heteroatoms. The Labute approximate surface area is 144 Å². The molecule has 1 saturated heterocycles. The second-order valence-electron chi connectivity index (χ2n) is 5.71. The highest BCUT2D eigenvalue weighted by Crippen LogP contribution is 2.34. The van der Waals surface area contributed by atoms with E-state index in [4.69, 9.17) is 16.3 Å². The molecule has 0 saturated carbocycles. The molecule has 3 rings (SSSR count). The number of halogens is 1. The predicted molar refractivity (Wildman–Crippen MR) is 87.9 cm³/mol. The summed E-state index contributed by atoms with van der Waals surface area (Å²) in [5.74, 6) is -1.30. The number of hydrogen-bond acceptors (Lipinski definition) is 7. The van der Waals surface area contributed by atoms with Crippen molar-refractivity contribution in [2.24, 2.45) is 11.0 Å². The van der Waals surface area contributed by atoms with Gasteiger partial charge in [-0.15, -0.1) is 5.10 Å². The van der Waals surface area contributed by atoms with Crippen LogP contribution in [0.5, 0.6) is 0 Å². The van der Waals surface area contributed by atoms with Crippen LogP contribution in [-0.4, -0.2) is 54.0 Å². The quantitative estimate of drug-likeness (QED) is 0.843. The van der Waals surface area contributed by atoms with Crippen LogP contribution in [0.3, 0.4) is 0 Å². The lowest BCUT2D eigenvalue weighted by Gasteiger charge is -2.28. The highest BCUT2D eigenvalue weighted by Gasteiger charge is 2.46. The van der Waals surface area contributed by atoms with Crippen LogP contribution in [0.1, 0.15) is 13.3 Å². The van der Waals surface area contributed by atoms with Crippen LogP contribution in [0.2, 0.25) is 5.02 Å². The van der Waals surface area contributed by atoms with Crippen molar-refractivity contribution in [2.45, 2.75) is 25.5 Å². The number of nitrogens with zero attached hydrogens (tertiary/aromatic N) is 3. The minimum Gasteiger partial charge on any atom is -0.480 e. The third kappa shape index (κ3) is 3.05. The summed E-state index contributed by atoms with van der Waals surface area (Å²) >= 11 is 6.11. The minimum atomic E-state index is -3.04. The number of aromatic nitrogens is 1. The lowest BCUT2D eigenvalue weighted by molar-refractivity contribution is -0.139. The highest BCUT2D eigenvalue weighted by atomic mass is 35.5. The maximum Gasteiger partial charge on any atom is 0.329 e. The smallest absolute Gasteiger partial charge is 0.329 e. The summed E-state index contributed by atoms with van der Waals surface area (Å²) in [7, 11) is -3.04. The van der Waals surface area contributed by atoms with Crippen molar-refractivity contribution in [1.82, 2.24) is 4.98 Å². The van der Waals surface area contributed by atoms with Crippen molar-refractivity contribution in [3.05, 3.63) is 23.4 Å². The Morgan fingerprint density at radius 1 is 1.50 bits per heavy atom. The number of aliphatic carboxylic acids is 1. The molecule has 1 aromatic rings. The van der Waals surface area contributed by atoms with E-state index >= 15 is 0 Å². The number of rotatable bonds is 4. The van der Waals surface area contributed by atoms with Crippen LogP contribution in [0.25, 0.3) is 0 Å². The van der Waals surface area contributed by atoms with Gasteiger partial charge in [0.25, 0.3) is 0 Å². The molecule has 2 atom stereocenters. The van der Waals surface area contributed by atoms with Crippen molar-refractivity contribution in [1.29, 1.82) is 0 Å². The normalized spacial score (nSPS) is 25.9. The van der Waals surface area contributed by atoms with Crippen molar-refractivity contribution in [3.8, 4) is 0 Å². The van der Waals surface area contributed by atoms with E-state index in [1.54, 1.807) is 12.1 Å². The van der Waals surface area contributed by atoms with E-state index < -0.39 is 33.9 Å². The average Bonchev–Trinajstić information content (AvgIpc) is 2.84. The summed E-state index contributed by atoms with van der Waals surface area (Å²) in [4.78, 5) is 15.9. The van der Waals surface area contributed by atoms with Crippen LogP contribution in [0.15, 0.2) is 23.4 Å². The summed E-state index contributed by atoms with van der Waals surface area (Å²) in [5.41, 5.74) is 0. The zero-order valence-electron chi connectivity index (χ0n) is 12.8. The fourth-order valence-electron chi connectivity index (χ4n) is 2.82. The van der Waals surface area contributed by atoms with Gasteiger partial charge in [-0.3, -0.25) is 0 Å². The zero-order valence-corrected chi connectivity index (χ0v) is 14.4. The van der Waals surface area contributed by atoms with E-state index in [0.717, 1.165) is 0 Å². The first-order chi connectivity index (χ1) is 11.3. The van der Waals surface area contributed by atoms with Gasteiger partial charge in [-0.05, 0) is 18.6 Å². The van der Waals surface area contributed by atoms with Crippen molar-refractivity contribution >= 4 is 39.1 Å². The van der Waals surface area contributed by atoms with Crippen LogP contribution < -0.4 is 5.01 Å². The Bertz CT molecular complexity index is 785. The van der Waals surface area contributed by atoms with E-state index in [1.165, 1.54) is 11.2 Å². The topological polar surface area (TPSA) is 109 Å². The average molecular weight is 374 g/mol. The summed E-state index contributed by atoms with van der Waals surface area (Å²) in [6.45, 7) is 1.82. The number of carboxylic acid groups (broad SMARTS) is 1. The van der Waals surface area contributed by atoms with Crippen LogP contribution in [0, 0.1) is 5.92 Å². The minimum absolute atomic E-state index is 0.0788. The molecule has 130 valence electrons. The number of carboxylic acids is 1. The Balaban J connectivity index is 1.91. The van der Waals surface area contributed by atoms with E-state index in [1.807, 2.05) is 6.92 Å². The summed E-state index contributed by atoms with van der Waals surface area (Å²) in [6.07, 6.45) is 1.47. The molecule has 1 N–H and O–H groups in total. The van der Waals surface area contributed by atoms with E-state index in [0.29, 0.717) is 6.42 Å². The second kappa shape index (κ2) is 6.21. The third-order valence-corrected chi connectivity index (χ3v) is 6.04. The molecule has 1 fully saturated rings. The molecule has 0 aliphatic carbocycles. The van der Waals surface area contributed by atoms with Gasteiger partial charge in [0.15, 0.2) is 21.7 Å².